The number of hydroxylamine groups is 1. The van der Waals surface area contributed by atoms with Crippen LogP contribution in [0.4, 0.5) is 0 Å². The highest BCUT2D eigenvalue weighted by molar-refractivity contribution is 5.88. The molecule has 0 amide bonds. The fraction of sp³-hybridized carbons (Fsp3) is 0.200. The van der Waals surface area contributed by atoms with Crippen molar-refractivity contribution in [1.29, 1.82) is 0 Å². The number of benzene rings is 1. The normalized spacial score (nSPS) is 10.2. The molecule has 0 unspecified atom stereocenters. The Hall–Kier alpha value is -2.24. The first-order chi connectivity index (χ1) is 9.79. The van der Waals surface area contributed by atoms with Gasteiger partial charge in [-0.25, -0.2) is 4.79 Å². The fourth-order valence-electron chi connectivity index (χ4n) is 1.60. The minimum Gasteiger partial charge on any atom is -0.465 e. The number of esters is 1. The third-order valence-corrected chi connectivity index (χ3v) is 2.68. The van der Waals surface area contributed by atoms with Gasteiger partial charge in [0.2, 0.25) is 0 Å². The Morgan fingerprint density at radius 3 is 2.65 bits per heavy atom. The molecule has 0 saturated carbocycles. The number of pyridine rings is 1. The van der Waals surface area contributed by atoms with Crippen molar-refractivity contribution in [2.45, 2.75) is 13.2 Å². The third-order valence-electron chi connectivity index (χ3n) is 2.68. The lowest BCUT2D eigenvalue weighted by atomic mass is 10.2. The highest BCUT2D eigenvalue weighted by Crippen LogP contribution is 2.03. The number of ether oxygens (including phenoxy) is 1. The average Bonchev–Trinajstić information content (AvgIpc) is 2.52. The maximum Gasteiger partial charge on any atom is 0.339 e. The van der Waals surface area contributed by atoms with E-state index in [1.807, 2.05) is 30.3 Å². The number of hydrogen-bond donors (Lipinski definition) is 1. The van der Waals surface area contributed by atoms with Crippen LogP contribution in [0.15, 0.2) is 48.7 Å². The Balaban J connectivity index is 1.75. The molecule has 104 valence electrons. The van der Waals surface area contributed by atoms with E-state index in [0.717, 1.165) is 11.3 Å². The van der Waals surface area contributed by atoms with Crippen LogP contribution in [0.25, 0.3) is 0 Å². The monoisotopic (exact) mass is 272 g/mol. The maximum absolute atomic E-state index is 11.2. The molecule has 0 radical (unpaired) electrons. The Labute approximate surface area is 117 Å². The number of carbonyl (C=O) groups excluding carboxylic acids is 1. The molecule has 0 aliphatic carbocycles. The SMILES string of the molecule is COC(=O)c1ccc(CNOCc2ccccc2)nc1. The first kappa shape index (κ1) is 14.2. The first-order valence-electron chi connectivity index (χ1n) is 6.21. The zero-order valence-corrected chi connectivity index (χ0v) is 11.2. The molecule has 2 rings (SSSR count). The summed E-state index contributed by atoms with van der Waals surface area (Å²) in [7, 11) is 1.34. The molecule has 2 aromatic rings. The summed E-state index contributed by atoms with van der Waals surface area (Å²) in [5, 5.41) is 0. The molecule has 1 aromatic carbocycles. The molecule has 0 saturated heterocycles. The van der Waals surface area contributed by atoms with Crippen molar-refractivity contribution in [2.24, 2.45) is 0 Å². The lowest BCUT2D eigenvalue weighted by Gasteiger charge is -2.06. The number of nitrogens with one attached hydrogen (secondary N) is 1. The van der Waals surface area contributed by atoms with Crippen molar-refractivity contribution in [3.05, 3.63) is 65.5 Å². The number of carbonyl (C=O) groups is 1. The molecular formula is C15H16N2O3. The van der Waals surface area contributed by atoms with Crippen LogP contribution in [0.1, 0.15) is 21.6 Å². The predicted octanol–water partition coefficient (Wildman–Crippen LogP) is 2.09. The molecule has 0 fully saturated rings. The van der Waals surface area contributed by atoms with E-state index in [-0.39, 0.29) is 0 Å². The average molecular weight is 272 g/mol. The second-order valence-corrected chi connectivity index (χ2v) is 4.13. The summed E-state index contributed by atoms with van der Waals surface area (Å²) in [6.07, 6.45) is 1.49. The highest BCUT2D eigenvalue weighted by atomic mass is 16.6. The Kier molecular flexibility index (Phi) is 5.23. The van der Waals surface area contributed by atoms with Crippen molar-refractivity contribution < 1.29 is 14.4 Å². The van der Waals surface area contributed by atoms with Gasteiger partial charge < -0.3 is 4.74 Å². The van der Waals surface area contributed by atoms with Crippen LogP contribution < -0.4 is 5.48 Å². The highest BCUT2D eigenvalue weighted by Gasteiger charge is 2.05. The Morgan fingerprint density at radius 1 is 1.20 bits per heavy atom. The zero-order valence-electron chi connectivity index (χ0n) is 11.2. The van der Waals surface area contributed by atoms with E-state index < -0.39 is 5.97 Å². The van der Waals surface area contributed by atoms with E-state index in [0.29, 0.717) is 18.7 Å². The number of aromatic nitrogens is 1. The molecule has 5 nitrogen and oxygen atoms in total. The van der Waals surface area contributed by atoms with E-state index >= 15 is 0 Å². The van der Waals surface area contributed by atoms with Gasteiger partial charge >= 0.3 is 5.97 Å². The first-order valence-corrected chi connectivity index (χ1v) is 6.21. The fourth-order valence-corrected chi connectivity index (χ4v) is 1.60. The Bertz CT molecular complexity index is 541. The molecule has 1 heterocycles. The summed E-state index contributed by atoms with van der Waals surface area (Å²) in [5.74, 6) is -0.391. The van der Waals surface area contributed by atoms with Gasteiger partial charge in [0.15, 0.2) is 0 Å². The molecule has 0 atom stereocenters. The van der Waals surface area contributed by atoms with Gasteiger partial charge in [-0.3, -0.25) is 9.82 Å². The van der Waals surface area contributed by atoms with Crippen LogP contribution in [0.5, 0.6) is 0 Å². The summed E-state index contributed by atoms with van der Waals surface area (Å²) in [5.41, 5.74) is 5.14. The van der Waals surface area contributed by atoms with Crippen molar-refractivity contribution >= 4 is 5.97 Å². The van der Waals surface area contributed by atoms with E-state index in [1.165, 1.54) is 13.3 Å². The summed E-state index contributed by atoms with van der Waals surface area (Å²) in [6.45, 7) is 0.954. The van der Waals surface area contributed by atoms with E-state index in [1.54, 1.807) is 12.1 Å². The van der Waals surface area contributed by atoms with Crippen molar-refractivity contribution in [3.8, 4) is 0 Å². The van der Waals surface area contributed by atoms with Gasteiger partial charge in [-0.05, 0) is 17.7 Å². The van der Waals surface area contributed by atoms with Crippen LogP contribution in [0.3, 0.4) is 0 Å². The molecule has 1 aromatic heterocycles. The summed E-state index contributed by atoms with van der Waals surface area (Å²) in [6, 6.07) is 13.3. The number of nitrogens with zero attached hydrogens (tertiary/aromatic N) is 1. The van der Waals surface area contributed by atoms with Crippen molar-refractivity contribution in [2.75, 3.05) is 7.11 Å². The Morgan fingerprint density at radius 2 is 2.00 bits per heavy atom. The van der Waals surface area contributed by atoms with Gasteiger partial charge in [-0.1, -0.05) is 30.3 Å². The van der Waals surface area contributed by atoms with Crippen molar-refractivity contribution in [1.82, 2.24) is 10.5 Å². The standard InChI is InChI=1S/C15H16N2O3/c1-19-15(18)13-7-8-14(16-9-13)10-17-20-11-12-5-3-2-4-6-12/h2-9,17H,10-11H2,1H3. The minimum atomic E-state index is -0.391. The topological polar surface area (TPSA) is 60.5 Å². The van der Waals surface area contributed by atoms with Crippen molar-refractivity contribution in [3.63, 3.8) is 0 Å². The molecule has 0 aliphatic heterocycles. The maximum atomic E-state index is 11.2. The van der Waals surface area contributed by atoms with Gasteiger partial charge in [-0.2, -0.15) is 5.48 Å². The quantitative estimate of drug-likeness (QED) is 0.495. The second-order valence-electron chi connectivity index (χ2n) is 4.13. The van der Waals surface area contributed by atoms with Gasteiger partial charge in [0, 0.05) is 6.20 Å². The van der Waals surface area contributed by atoms with Gasteiger partial charge in [0.1, 0.15) is 0 Å². The molecular weight excluding hydrogens is 256 g/mol. The summed E-state index contributed by atoms with van der Waals surface area (Å²) in [4.78, 5) is 20.7. The molecule has 5 heteroatoms. The van der Waals surface area contributed by atoms with Gasteiger partial charge in [0.05, 0.1) is 31.5 Å². The van der Waals surface area contributed by atoms with E-state index in [4.69, 9.17) is 4.84 Å². The van der Waals surface area contributed by atoms with E-state index in [9.17, 15) is 4.79 Å². The zero-order chi connectivity index (χ0) is 14.2. The van der Waals surface area contributed by atoms with E-state index in [2.05, 4.69) is 15.2 Å². The summed E-state index contributed by atoms with van der Waals surface area (Å²) < 4.78 is 4.60. The molecule has 1 N–H and O–H groups in total. The number of methoxy groups -OCH3 is 1. The lowest BCUT2D eigenvalue weighted by molar-refractivity contribution is 0.0228. The van der Waals surface area contributed by atoms with Gasteiger partial charge in [0.25, 0.3) is 0 Å². The molecule has 20 heavy (non-hydrogen) atoms. The molecule has 0 bridgehead atoms. The van der Waals surface area contributed by atoms with Crippen LogP contribution >= 0.6 is 0 Å². The largest absolute Gasteiger partial charge is 0.465 e. The van der Waals surface area contributed by atoms with Crippen LogP contribution in [-0.2, 0) is 22.7 Å². The minimum absolute atomic E-state index is 0.391. The van der Waals surface area contributed by atoms with Crippen LogP contribution in [0, 0.1) is 0 Å². The van der Waals surface area contributed by atoms with Gasteiger partial charge in [-0.15, -0.1) is 0 Å². The molecule has 0 aliphatic rings. The number of rotatable bonds is 6. The van der Waals surface area contributed by atoms with Crippen LogP contribution in [-0.4, -0.2) is 18.1 Å². The smallest absolute Gasteiger partial charge is 0.339 e. The predicted molar refractivity (Wildman–Crippen MR) is 73.6 cm³/mol. The number of hydrogen-bond acceptors (Lipinski definition) is 5. The summed E-state index contributed by atoms with van der Waals surface area (Å²) >= 11 is 0. The third kappa shape index (κ3) is 4.15. The molecule has 0 spiro atoms. The second kappa shape index (κ2) is 7.37. The van der Waals surface area contributed by atoms with Crippen LogP contribution in [0.2, 0.25) is 0 Å². The lowest BCUT2D eigenvalue weighted by Crippen LogP contribution is -2.15.